The zero-order valence-electron chi connectivity index (χ0n) is 16.8. The van der Waals surface area contributed by atoms with Gasteiger partial charge in [-0.15, -0.1) is 21.5 Å². The Labute approximate surface area is 177 Å². The maximum atomic E-state index is 13.2. The maximum absolute atomic E-state index is 13.2. The smallest absolute Gasteiger partial charge is 0.262 e. The third kappa shape index (κ3) is 3.72. The van der Waals surface area contributed by atoms with Crippen molar-refractivity contribution >= 4 is 44.9 Å². The normalized spacial score (nSPS) is 12.6. The Morgan fingerprint density at radius 3 is 2.86 bits per heavy atom. The summed E-state index contributed by atoms with van der Waals surface area (Å²) in [5, 5.41) is 12.8. The molecule has 0 aromatic carbocycles. The summed E-state index contributed by atoms with van der Waals surface area (Å²) in [5.74, 6) is 2.26. The van der Waals surface area contributed by atoms with Crippen LogP contribution in [-0.2, 0) is 0 Å². The second-order valence-corrected chi connectivity index (χ2v) is 8.87. The van der Waals surface area contributed by atoms with Gasteiger partial charge in [-0.3, -0.25) is 9.20 Å². The Morgan fingerprint density at radius 2 is 2.07 bits per heavy atom. The van der Waals surface area contributed by atoms with Gasteiger partial charge in [0.15, 0.2) is 11.5 Å². The fraction of sp³-hybridized carbons (Fsp3) is 0.350. The average Bonchev–Trinajstić information content (AvgIpc) is 3.26. The van der Waals surface area contributed by atoms with Crippen molar-refractivity contribution in [1.82, 2.24) is 29.9 Å². The number of nitrogens with one attached hydrogen (secondary N) is 1. The van der Waals surface area contributed by atoms with Gasteiger partial charge in [-0.1, -0.05) is 6.07 Å². The van der Waals surface area contributed by atoms with Crippen LogP contribution in [0.4, 0.5) is 0 Å². The summed E-state index contributed by atoms with van der Waals surface area (Å²) in [6.07, 6.45) is 4.75. The molecular weight excluding hydrogens is 404 g/mol. The number of nitrogens with zero attached hydrogens (tertiary/aromatic N) is 5. The van der Waals surface area contributed by atoms with E-state index in [0.717, 1.165) is 50.9 Å². The maximum Gasteiger partial charge on any atom is 0.262 e. The van der Waals surface area contributed by atoms with Gasteiger partial charge in [0.1, 0.15) is 10.7 Å². The van der Waals surface area contributed by atoms with E-state index in [-0.39, 0.29) is 11.9 Å². The van der Waals surface area contributed by atoms with E-state index in [1.165, 1.54) is 11.3 Å². The number of carbonyl (C=O) groups excluding carboxylic acids is 1. The van der Waals surface area contributed by atoms with Crippen LogP contribution in [0.15, 0.2) is 24.4 Å². The Hall–Kier alpha value is -2.52. The van der Waals surface area contributed by atoms with Crippen LogP contribution in [0.25, 0.3) is 15.9 Å². The van der Waals surface area contributed by atoms with E-state index in [1.54, 1.807) is 11.8 Å². The minimum atomic E-state index is -0.231. The highest BCUT2D eigenvalue weighted by molar-refractivity contribution is 7.98. The van der Waals surface area contributed by atoms with Gasteiger partial charge in [0.25, 0.3) is 5.91 Å². The Morgan fingerprint density at radius 1 is 1.24 bits per heavy atom. The van der Waals surface area contributed by atoms with Crippen LogP contribution in [0.3, 0.4) is 0 Å². The second-order valence-electron chi connectivity index (χ2n) is 6.89. The van der Waals surface area contributed by atoms with Crippen molar-refractivity contribution in [3.05, 3.63) is 52.2 Å². The number of fused-ring (bicyclic) bond motifs is 2. The zero-order chi connectivity index (χ0) is 20.5. The number of hydrogen-bond donors (Lipinski definition) is 1. The van der Waals surface area contributed by atoms with Crippen LogP contribution in [0.2, 0.25) is 0 Å². The molecule has 29 heavy (non-hydrogen) atoms. The average molecular weight is 427 g/mol. The number of hydrogen-bond acceptors (Lipinski definition) is 7. The molecule has 7 nitrogen and oxygen atoms in total. The van der Waals surface area contributed by atoms with Crippen molar-refractivity contribution in [3.63, 3.8) is 0 Å². The van der Waals surface area contributed by atoms with E-state index >= 15 is 0 Å². The van der Waals surface area contributed by atoms with E-state index in [0.29, 0.717) is 4.88 Å². The Balaban J connectivity index is 1.69. The summed E-state index contributed by atoms with van der Waals surface area (Å²) in [5.41, 5.74) is 2.60. The first-order chi connectivity index (χ1) is 14.0. The molecule has 9 heteroatoms. The van der Waals surface area contributed by atoms with E-state index in [4.69, 9.17) is 0 Å². The molecular formula is C20H22N6OS2. The fourth-order valence-corrected chi connectivity index (χ4v) is 5.17. The molecule has 150 valence electrons. The number of thiophene rings is 1. The van der Waals surface area contributed by atoms with Gasteiger partial charge in [-0.25, -0.2) is 9.97 Å². The SMILES string of the molecule is CSCCC(NC(=O)c1sc2nc(C)nc(C)c2c1C)c1nnc2ccccn12. The molecule has 0 aliphatic carbocycles. The largest absolute Gasteiger partial charge is 0.341 e. The van der Waals surface area contributed by atoms with Crippen molar-refractivity contribution < 1.29 is 4.79 Å². The van der Waals surface area contributed by atoms with Crippen LogP contribution in [0.1, 0.15) is 45.0 Å². The van der Waals surface area contributed by atoms with E-state index in [2.05, 4.69) is 31.7 Å². The second kappa shape index (κ2) is 8.08. The fourth-order valence-electron chi connectivity index (χ4n) is 3.51. The van der Waals surface area contributed by atoms with Gasteiger partial charge < -0.3 is 5.32 Å². The van der Waals surface area contributed by atoms with E-state index in [1.807, 2.05) is 49.6 Å². The highest BCUT2D eigenvalue weighted by atomic mass is 32.2. The molecule has 1 unspecified atom stereocenters. The first-order valence-electron chi connectivity index (χ1n) is 9.33. The van der Waals surface area contributed by atoms with Crippen molar-refractivity contribution in [2.24, 2.45) is 0 Å². The van der Waals surface area contributed by atoms with Crippen molar-refractivity contribution in [2.45, 2.75) is 33.2 Å². The van der Waals surface area contributed by atoms with Crippen LogP contribution in [0.5, 0.6) is 0 Å². The van der Waals surface area contributed by atoms with Gasteiger partial charge in [-0.05, 0) is 56.9 Å². The highest BCUT2D eigenvalue weighted by Crippen LogP contribution is 2.32. The number of amides is 1. The van der Waals surface area contributed by atoms with E-state index < -0.39 is 0 Å². The van der Waals surface area contributed by atoms with Crippen LogP contribution < -0.4 is 5.32 Å². The van der Waals surface area contributed by atoms with Gasteiger partial charge in [0, 0.05) is 17.3 Å². The molecule has 0 saturated heterocycles. The molecule has 0 aliphatic heterocycles. The highest BCUT2D eigenvalue weighted by Gasteiger charge is 2.24. The molecule has 0 spiro atoms. The number of rotatable bonds is 6. The lowest BCUT2D eigenvalue weighted by atomic mass is 10.1. The first-order valence-corrected chi connectivity index (χ1v) is 11.5. The lowest BCUT2D eigenvalue weighted by molar-refractivity contribution is 0.0937. The van der Waals surface area contributed by atoms with Gasteiger partial charge >= 0.3 is 0 Å². The number of thioether (sulfide) groups is 1. The molecule has 1 amide bonds. The molecule has 4 aromatic rings. The summed E-state index contributed by atoms with van der Waals surface area (Å²) in [6, 6.07) is 5.54. The predicted octanol–water partition coefficient (Wildman–Crippen LogP) is 3.88. The quantitative estimate of drug-likeness (QED) is 0.504. The summed E-state index contributed by atoms with van der Waals surface area (Å²) < 4.78 is 1.93. The lowest BCUT2D eigenvalue weighted by Gasteiger charge is -2.17. The molecule has 4 rings (SSSR count). The van der Waals surface area contributed by atoms with Gasteiger partial charge in [0.05, 0.1) is 10.9 Å². The summed E-state index contributed by atoms with van der Waals surface area (Å²) in [7, 11) is 0. The minimum Gasteiger partial charge on any atom is -0.341 e. The molecule has 0 bridgehead atoms. The lowest BCUT2D eigenvalue weighted by Crippen LogP contribution is -2.30. The van der Waals surface area contributed by atoms with Crippen LogP contribution >= 0.6 is 23.1 Å². The first kappa shape index (κ1) is 19.8. The summed E-state index contributed by atoms with van der Waals surface area (Å²) in [6.45, 7) is 5.79. The Kier molecular flexibility index (Phi) is 5.51. The third-order valence-corrected chi connectivity index (χ3v) is 6.69. The number of aromatic nitrogens is 5. The molecule has 1 atom stereocenters. The summed E-state index contributed by atoms with van der Waals surface area (Å²) in [4.78, 5) is 23.7. The number of carbonyl (C=O) groups is 1. The monoisotopic (exact) mass is 426 g/mol. The molecule has 0 fully saturated rings. The predicted molar refractivity (Wildman–Crippen MR) is 118 cm³/mol. The van der Waals surface area contributed by atoms with Crippen molar-refractivity contribution in [2.75, 3.05) is 12.0 Å². The van der Waals surface area contributed by atoms with Crippen molar-refractivity contribution in [1.29, 1.82) is 0 Å². The molecule has 0 aliphatic rings. The van der Waals surface area contributed by atoms with E-state index in [9.17, 15) is 4.79 Å². The molecule has 0 radical (unpaired) electrons. The minimum absolute atomic E-state index is 0.110. The molecule has 4 aromatic heterocycles. The topological polar surface area (TPSA) is 85.1 Å². The van der Waals surface area contributed by atoms with Crippen molar-refractivity contribution in [3.8, 4) is 0 Å². The third-order valence-electron chi connectivity index (χ3n) is 4.86. The zero-order valence-corrected chi connectivity index (χ0v) is 18.4. The Bertz CT molecular complexity index is 1200. The number of pyridine rings is 1. The standard InChI is InChI=1S/C20H22N6OS2/c1-11-16-12(2)21-13(3)22-20(16)29-17(11)19(27)23-14(8-10-28-4)18-25-24-15-7-5-6-9-26(15)18/h5-7,9,14H,8,10H2,1-4H3,(H,23,27). The van der Waals surface area contributed by atoms with Gasteiger partial charge in [0.2, 0.25) is 0 Å². The van der Waals surface area contributed by atoms with Crippen LogP contribution in [-0.4, -0.2) is 42.5 Å². The molecule has 0 saturated carbocycles. The molecule has 1 N–H and O–H groups in total. The van der Waals surface area contributed by atoms with Crippen LogP contribution in [0, 0.1) is 20.8 Å². The number of aryl methyl sites for hydroxylation is 3. The molecule has 4 heterocycles. The van der Waals surface area contributed by atoms with Gasteiger partial charge in [-0.2, -0.15) is 11.8 Å². The summed E-state index contributed by atoms with van der Waals surface area (Å²) >= 11 is 3.16.